The molecule has 0 radical (unpaired) electrons. The molecule has 12 heavy (non-hydrogen) atoms. The Morgan fingerprint density at radius 3 is 2.67 bits per heavy atom. The van der Waals surface area contributed by atoms with Gasteiger partial charge in [-0.15, -0.1) is 0 Å². The second-order valence-corrected chi connectivity index (χ2v) is 2.34. The lowest BCUT2D eigenvalue weighted by molar-refractivity contribution is -0.118. The predicted molar refractivity (Wildman–Crippen MR) is 40.9 cm³/mol. The number of hydrogen-bond donors (Lipinski definition) is 5. The monoisotopic (exact) mass is 171 g/mol. The van der Waals surface area contributed by atoms with Gasteiger partial charge in [-0.2, -0.15) is 0 Å². The molecule has 1 heterocycles. The lowest BCUT2D eigenvalue weighted by atomic mass is 10.2. The molecule has 0 bridgehead atoms. The highest BCUT2D eigenvalue weighted by Gasteiger charge is 2.34. The molecule has 0 saturated heterocycles. The average Bonchev–Trinajstić information content (AvgIpc) is 1.82. The molecule has 66 valence electrons. The van der Waals surface area contributed by atoms with E-state index in [9.17, 15) is 5.11 Å². The van der Waals surface area contributed by atoms with Crippen molar-refractivity contribution in [1.29, 1.82) is 5.41 Å². The van der Waals surface area contributed by atoms with Crippen molar-refractivity contribution in [2.45, 2.75) is 5.79 Å². The molecule has 1 atom stereocenters. The van der Waals surface area contributed by atoms with E-state index in [2.05, 4.69) is 4.74 Å². The Labute approximate surface area is 68.2 Å². The van der Waals surface area contributed by atoms with E-state index in [4.69, 9.17) is 22.0 Å². The van der Waals surface area contributed by atoms with Gasteiger partial charge in [0.1, 0.15) is 0 Å². The summed E-state index contributed by atoms with van der Waals surface area (Å²) in [5.41, 5.74) is 10.3. The van der Waals surface area contributed by atoms with Gasteiger partial charge in [0.2, 0.25) is 0 Å². The molecule has 1 aliphatic rings. The zero-order valence-corrected chi connectivity index (χ0v) is 6.11. The van der Waals surface area contributed by atoms with Gasteiger partial charge in [0.05, 0.1) is 0 Å². The van der Waals surface area contributed by atoms with Gasteiger partial charge in [0.25, 0.3) is 11.7 Å². The summed E-state index contributed by atoms with van der Waals surface area (Å²) in [5.74, 6) is -3.35. The van der Waals surface area contributed by atoms with E-state index in [1.54, 1.807) is 0 Å². The fourth-order valence-corrected chi connectivity index (χ4v) is 0.761. The van der Waals surface area contributed by atoms with Crippen molar-refractivity contribution in [3.63, 3.8) is 0 Å². The maximum absolute atomic E-state index is 9.36. The smallest absolute Gasteiger partial charge is 0.291 e. The van der Waals surface area contributed by atoms with Crippen LogP contribution in [0, 0.1) is 5.41 Å². The molecule has 6 heteroatoms. The number of nitrogens with two attached hydrogens (primary N) is 2. The van der Waals surface area contributed by atoms with E-state index >= 15 is 0 Å². The van der Waals surface area contributed by atoms with Gasteiger partial charge in [-0.25, -0.2) is 0 Å². The second kappa shape index (κ2) is 2.42. The van der Waals surface area contributed by atoms with Gasteiger partial charge in [-0.05, 0) is 0 Å². The number of aliphatic hydroxyl groups excluding tert-OH is 1. The quantitative estimate of drug-likeness (QED) is 0.252. The van der Waals surface area contributed by atoms with Crippen molar-refractivity contribution in [2.24, 2.45) is 11.5 Å². The molecule has 0 aromatic rings. The lowest BCUT2D eigenvalue weighted by Gasteiger charge is -2.26. The summed E-state index contributed by atoms with van der Waals surface area (Å²) >= 11 is 0. The fraction of sp³-hybridized carbons (Fsp3) is 0.167. The fourth-order valence-electron chi connectivity index (χ4n) is 0.761. The summed E-state index contributed by atoms with van der Waals surface area (Å²) in [7, 11) is 0. The molecule has 1 aliphatic heterocycles. The molecule has 7 N–H and O–H groups in total. The van der Waals surface area contributed by atoms with E-state index in [1.807, 2.05) is 0 Å². The van der Waals surface area contributed by atoms with E-state index < -0.39 is 17.6 Å². The molecule has 6 nitrogen and oxygen atoms in total. The van der Waals surface area contributed by atoms with E-state index in [-0.39, 0.29) is 5.70 Å². The van der Waals surface area contributed by atoms with Crippen molar-refractivity contribution in [3.05, 3.63) is 23.8 Å². The van der Waals surface area contributed by atoms with Crippen LogP contribution in [0.2, 0.25) is 0 Å². The lowest BCUT2D eigenvalue weighted by Crippen LogP contribution is -2.45. The first-order valence-electron chi connectivity index (χ1n) is 3.09. The Morgan fingerprint density at radius 1 is 1.67 bits per heavy atom. The molecule has 0 spiro atoms. The molecule has 0 saturated carbocycles. The molecule has 0 aromatic carbocycles. The molecule has 0 aromatic heterocycles. The Balaban J connectivity index is 3.00. The highest BCUT2D eigenvalue weighted by Crippen LogP contribution is 2.19. The van der Waals surface area contributed by atoms with Gasteiger partial charge in [-0.3, -0.25) is 5.41 Å². The molecular formula is C6H9N3O3. The minimum absolute atomic E-state index is 0.0800. The first-order chi connectivity index (χ1) is 5.44. The van der Waals surface area contributed by atoms with Crippen LogP contribution in [-0.2, 0) is 4.74 Å². The zero-order valence-electron chi connectivity index (χ0n) is 6.11. The van der Waals surface area contributed by atoms with Crippen LogP contribution in [0.4, 0.5) is 0 Å². The minimum Gasteiger partial charge on any atom is -0.481 e. The Bertz CT molecular complexity index is 284. The third kappa shape index (κ3) is 1.32. The maximum Gasteiger partial charge on any atom is 0.291 e. The van der Waals surface area contributed by atoms with Crippen LogP contribution in [-0.4, -0.2) is 21.8 Å². The highest BCUT2D eigenvalue weighted by atomic mass is 16.7. The molecule has 0 aliphatic carbocycles. The first kappa shape index (κ1) is 8.41. The van der Waals surface area contributed by atoms with E-state index in [0.29, 0.717) is 0 Å². The summed E-state index contributed by atoms with van der Waals surface area (Å²) in [6.45, 7) is 0. The largest absolute Gasteiger partial charge is 0.481 e. The van der Waals surface area contributed by atoms with Crippen LogP contribution in [0.1, 0.15) is 0 Å². The van der Waals surface area contributed by atoms with Gasteiger partial charge in [0.15, 0.2) is 5.84 Å². The Kier molecular flexibility index (Phi) is 1.69. The van der Waals surface area contributed by atoms with Crippen molar-refractivity contribution < 1.29 is 14.9 Å². The van der Waals surface area contributed by atoms with Crippen molar-refractivity contribution in [3.8, 4) is 0 Å². The number of amidine groups is 1. The van der Waals surface area contributed by atoms with Crippen LogP contribution in [0.25, 0.3) is 0 Å². The summed E-state index contributed by atoms with van der Waals surface area (Å²) in [6.07, 6.45) is 2.12. The molecular weight excluding hydrogens is 162 g/mol. The van der Waals surface area contributed by atoms with E-state index in [1.165, 1.54) is 0 Å². The topological polar surface area (TPSA) is 126 Å². The minimum atomic E-state index is -2.12. The molecule has 0 amide bonds. The summed E-state index contributed by atoms with van der Waals surface area (Å²) in [5, 5.41) is 25.2. The zero-order chi connectivity index (χ0) is 9.35. The van der Waals surface area contributed by atoms with Gasteiger partial charge < -0.3 is 26.4 Å². The van der Waals surface area contributed by atoms with E-state index in [0.717, 1.165) is 12.2 Å². The molecule has 1 rings (SSSR count). The number of rotatable bonds is 1. The number of ether oxygens (including phenoxy) is 1. The standard InChI is InChI=1S/C6H9N3O3/c7-3-1-4(10)12-6(11,2-3)5(8)9/h1-2,10-11H,7H2,(H3,8,9). The van der Waals surface area contributed by atoms with Crippen molar-refractivity contribution >= 4 is 5.84 Å². The van der Waals surface area contributed by atoms with Gasteiger partial charge in [-0.1, -0.05) is 0 Å². The summed E-state index contributed by atoms with van der Waals surface area (Å²) < 4.78 is 4.47. The molecule has 0 fully saturated rings. The summed E-state index contributed by atoms with van der Waals surface area (Å²) in [4.78, 5) is 0. The third-order valence-electron chi connectivity index (χ3n) is 1.30. The second-order valence-electron chi connectivity index (χ2n) is 2.34. The number of nitrogens with one attached hydrogen (secondary N) is 1. The van der Waals surface area contributed by atoms with Gasteiger partial charge >= 0.3 is 0 Å². The van der Waals surface area contributed by atoms with Crippen molar-refractivity contribution in [1.82, 2.24) is 0 Å². The maximum atomic E-state index is 9.36. The van der Waals surface area contributed by atoms with Crippen LogP contribution >= 0.6 is 0 Å². The van der Waals surface area contributed by atoms with Crippen LogP contribution in [0.5, 0.6) is 0 Å². The number of aliphatic hydroxyl groups is 2. The van der Waals surface area contributed by atoms with Crippen LogP contribution < -0.4 is 11.5 Å². The number of allylic oxidation sites excluding steroid dienone is 1. The summed E-state index contributed by atoms with van der Waals surface area (Å²) in [6, 6.07) is 0. The van der Waals surface area contributed by atoms with Gasteiger partial charge in [0, 0.05) is 17.8 Å². The molecule has 1 unspecified atom stereocenters. The van der Waals surface area contributed by atoms with Crippen LogP contribution in [0.15, 0.2) is 23.8 Å². The average molecular weight is 171 g/mol. The predicted octanol–water partition coefficient (Wildman–Crippen LogP) is -1.12. The first-order valence-corrected chi connectivity index (χ1v) is 3.09. The third-order valence-corrected chi connectivity index (χ3v) is 1.30. The normalized spacial score (nSPS) is 28.4. The van der Waals surface area contributed by atoms with Crippen LogP contribution in [0.3, 0.4) is 0 Å². The Morgan fingerprint density at radius 2 is 2.25 bits per heavy atom. The van der Waals surface area contributed by atoms with Crippen molar-refractivity contribution in [2.75, 3.05) is 0 Å². The Hall–Kier alpha value is -1.69. The highest BCUT2D eigenvalue weighted by molar-refractivity contribution is 5.87. The SMILES string of the molecule is N=C(N)C1(O)C=C(N)C=C(O)O1. The number of hydrogen-bond acceptors (Lipinski definition) is 5.